The van der Waals surface area contributed by atoms with E-state index in [0.29, 0.717) is 5.75 Å². The van der Waals surface area contributed by atoms with Crippen molar-refractivity contribution in [2.24, 2.45) is 0 Å². The van der Waals surface area contributed by atoms with Crippen LogP contribution in [0.3, 0.4) is 0 Å². The van der Waals surface area contributed by atoms with E-state index in [4.69, 9.17) is 19.3 Å². The smallest absolute Gasteiger partial charge is 0.187 e. The van der Waals surface area contributed by atoms with Crippen molar-refractivity contribution in [2.45, 2.75) is 55.3 Å². The first-order chi connectivity index (χ1) is 10.4. The van der Waals surface area contributed by atoms with Crippen LogP contribution in [0, 0.1) is 0 Å². The minimum absolute atomic E-state index is 0.429. The number of thioether (sulfide) groups is 1. The van der Waals surface area contributed by atoms with Gasteiger partial charge < -0.3 is 44.8 Å². The standard InChI is InChI=1S/C12H22O9S/c1-22-3-5-6(14)8(16)12(20-5)21-10-7(15)4(2-13)19-11(18)9(10)17/h4-18H,2-3H2,1H3/t4?,5-,6?,7+,8+,9?,10+,11-,12+/m1/s1. The molecule has 130 valence electrons. The topological polar surface area (TPSA) is 149 Å². The van der Waals surface area contributed by atoms with Crippen molar-refractivity contribution in [2.75, 3.05) is 18.6 Å². The molecule has 3 unspecified atom stereocenters. The molecule has 0 saturated carbocycles. The maximum Gasteiger partial charge on any atom is 0.187 e. The summed E-state index contributed by atoms with van der Waals surface area (Å²) in [6.45, 7) is -0.587. The molecule has 22 heavy (non-hydrogen) atoms. The molecule has 2 fully saturated rings. The van der Waals surface area contributed by atoms with Crippen LogP contribution in [0.1, 0.15) is 0 Å². The zero-order valence-electron chi connectivity index (χ0n) is 11.9. The van der Waals surface area contributed by atoms with Crippen LogP contribution < -0.4 is 0 Å². The number of aliphatic hydroxyl groups is 6. The molecule has 9 nitrogen and oxygen atoms in total. The van der Waals surface area contributed by atoms with Crippen LogP contribution in [0.2, 0.25) is 0 Å². The number of hydrogen-bond acceptors (Lipinski definition) is 10. The first kappa shape index (κ1) is 18.3. The van der Waals surface area contributed by atoms with Gasteiger partial charge in [0.05, 0.1) is 12.7 Å². The normalized spacial score (nSPS) is 49.5. The Balaban J connectivity index is 2.04. The molecule has 0 aromatic rings. The van der Waals surface area contributed by atoms with Gasteiger partial charge in [-0.25, -0.2) is 0 Å². The minimum atomic E-state index is -1.66. The maximum absolute atomic E-state index is 10.0. The summed E-state index contributed by atoms with van der Waals surface area (Å²) >= 11 is 1.41. The molecule has 0 aliphatic carbocycles. The van der Waals surface area contributed by atoms with Crippen molar-refractivity contribution < 1.29 is 44.8 Å². The van der Waals surface area contributed by atoms with E-state index in [0.717, 1.165) is 0 Å². The Morgan fingerprint density at radius 2 is 1.59 bits per heavy atom. The van der Waals surface area contributed by atoms with Crippen LogP contribution >= 0.6 is 11.8 Å². The van der Waals surface area contributed by atoms with Gasteiger partial charge in [0, 0.05) is 5.75 Å². The first-order valence-electron chi connectivity index (χ1n) is 6.87. The zero-order chi connectivity index (χ0) is 16.4. The van der Waals surface area contributed by atoms with Gasteiger partial charge in [-0.3, -0.25) is 0 Å². The zero-order valence-corrected chi connectivity index (χ0v) is 12.7. The molecule has 0 aromatic heterocycles. The third-order valence-corrected chi connectivity index (χ3v) is 4.44. The average molecular weight is 342 g/mol. The third kappa shape index (κ3) is 3.56. The lowest BCUT2D eigenvalue weighted by Gasteiger charge is -2.41. The van der Waals surface area contributed by atoms with Crippen LogP contribution in [0.25, 0.3) is 0 Å². The second-order valence-corrected chi connectivity index (χ2v) is 6.22. The highest BCUT2D eigenvalue weighted by Crippen LogP contribution is 2.29. The molecule has 0 radical (unpaired) electrons. The van der Waals surface area contributed by atoms with E-state index in [2.05, 4.69) is 0 Å². The van der Waals surface area contributed by atoms with Gasteiger partial charge >= 0.3 is 0 Å². The van der Waals surface area contributed by atoms with Gasteiger partial charge in [0.2, 0.25) is 0 Å². The number of ether oxygens (including phenoxy) is 3. The molecular formula is C12H22O9S. The molecule has 2 saturated heterocycles. The van der Waals surface area contributed by atoms with E-state index in [1.165, 1.54) is 11.8 Å². The molecule has 6 N–H and O–H groups in total. The second kappa shape index (κ2) is 7.71. The average Bonchev–Trinajstić information content (AvgIpc) is 2.76. The number of aliphatic hydroxyl groups excluding tert-OH is 6. The van der Waals surface area contributed by atoms with Crippen molar-refractivity contribution in [3.63, 3.8) is 0 Å². The van der Waals surface area contributed by atoms with Gasteiger partial charge in [0.15, 0.2) is 12.6 Å². The molecule has 0 bridgehead atoms. The lowest BCUT2D eigenvalue weighted by Crippen LogP contribution is -2.60. The van der Waals surface area contributed by atoms with Crippen molar-refractivity contribution in [1.29, 1.82) is 0 Å². The summed E-state index contributed by atoms with van der Waals surface area (Å²) in [5.41, 5.74) is 0. The van der Waals surface area contributed by atoms with Crippen molar-refractivity contribution >= 4 is 11.8 Å². The summed E-state index contributed by atoms with van der Waals surface area (Å²) in [5, 5.41) is 58.3. The van der Waals surface area contributed by atoms with Crippen molar-refractivity contribution in [3.05, 3.63) is 0 Å². The fraction of sp³-hybridized carbons (Fsp3) is 1.00. The van der Waals surface area contributed by atoms with Gasteiger partial charge in [0.25, 0.3) is 0 Å². The first-order valence-corrected chi connectivity index (χ1v) is 8.26. The van der Waals surface area contributed by atoms with E-state index >= 15 is 0 Å². The van der Waals surface area contributed by atoms with Gasteiger partial charge in [-0.1, -0.05) is 0 Å². The highest BCUT2D eigenvalue weighted by Gasteiger charge is 2.50. The molecule has 2 aliphatic rings. The Morgan fingerprint density at radius 3 is 2.18 bits per heavy atom. The molecule has 2 aliphatic heterocycles. The van der Waals surface area contributed by atoms with Crippen LogP contribution in [-0.4, -0.2) is 105 Å². The van der Waals surface area contributed by atoms with Gasteiger partial charge in [-0.05, 0) is 6.26 Å². The Bertz CT molecular complexity index is 359. The molecule has 0 amide bonds. The largest absolute Gasteiger partial charge is 0.394 e. The molecule has 0 aromatic carbocycles. The van der Waals surface area contributed by atoms with E-state index < -0.39 is 61.9 Å². The summed E-state index contributed by atoms with van der Waals surface area (Å²) in [7, 11) is 0. The quantitative estimate of drug-likeness (QED) is 0.299. The summed E-state index contributed by atoms with van der Waals surface area (Å²) < 4.78 is 15.6. The van der Waals surface area contributed by atoms with E-state index in [-0.39, 0.29) is 0 Å². The number of rotatable bonds is 5. The Hall–Kier alpha value is -0.0100. The van der Waals surface area contributed by atoms with Crippen LogP contribution in [0.5, 0.6) is 0 Å². The molecule has 0 spiro atoms. The molecule has 10 heteroatoms. The Morgan fingerprint density at radius 1 is 0.909 bits per heavy atom. The molecule has 2 heterocycles. The maximum atomic E-state index is 10.0. The van der Waals surface area contributed by atoms with Crippen molar-refractivity contribution in [3.8, 4) is 0 Å². The van der Waals surface area contributed by atoms with Gasteiger partial charge in [-0.15, -0.1) is 0 Å². The van der Waals surface area contributed by atoms with Crippen LogP contribution in [0.4, 0.5) is 0 Å². The SMILES string of the molecule is CSC[C@H]1O[C@@H](O[C@@H]2C(O)[C@H](O)OC(CO)[C@@H]2O)[C@@H](O)C1O. The fourth-order valence-electron chi connectivity index (χ4n) is 2.51. The van der Waals surface area contributed by atoms with Gasteiger partial charge in [-0.2, -0.15) is 11.8 Å². The predicted octanol–water partition coefficient (Wildman–Crippen LogP) is -3.39. The van der Waals surface area contributed by atoms with Crippen LogP contribution in [0.15, 0.2) is 0 Å². The lowest BCUT2D eigenvalue weighted by atomic mass is 9.99. The van der Waals surface area contributed by atoms with E-state index in [1.807, 2.05) is 6.26 Å². The van der Waals surface area contributed by atoms with Crippen LogP contribution in [-0.2, 0) is 14.2 Å². The lowest BCUT2D eigenvalue weighted by molar-refractivity contribution is -0.320. The number of hydrogen-bond donors (Lipinski definition) is 6. The predicted molar refractivity (Wildman–Crippen MR) is 73.9 cm³/mol. The monoisotopic (exact) mass is 342 g/mol. The minimum Gasteiger partial charge on any atom is -0.394 e. The third-order valence-electron chi connectivity index (χ3n) is 3.78. The fourth-order valence-corrected chi connectivity index (χ4v) is 3.12. The Labute approximate surface area is 131 Å². The Kier molecular flexibility index (Phi) is 6.42. The highest BCUT2D eigenvalue weighted by molar-refractivity contribution is 7.98. The summed E-state index contributed by atoms with van der Waals surface area (Å²) in [6, 6.07) is 0. The van der Waals surface area contributed by atoms with E-state index in [9.17, 15) is 25.5 Å². The van der Waals surface area contributed by atoms with E-state index in [1.54, 1.807) is 0 Å². The summed E-state index contributed by atoms with van der Waals surface area (Å²) in [6.07, 6.45) is -9.81. The second-order valence-electron chi connectivity index (χ2n) is 5.31. The summed E-state index contributed by atoms with van der Waals surface area (Å²) in [4.78, 5) is 0. The molecule has 2 rings (SSSR count). The van der Waals surface area contributed by atoms with Crippen molar-refractivity contribution in [1.82, 2.24) is 0 Å². The molecule has 9 atom stereocenters. The molecular weight excluding hydrogens is 320 g/mol. The van der Waals surface area contributed by atoms with Gasteiger partial charge in [0.1, 0.15) is 36.6 Å². The summed E-state index contributed by atoms with van der Waals surface area (Å²) in [5.74, 6) is 0.429. The highest BCUT2D eigenvalue weighted by atomic mass is 32.2.